The lowest BCUT2D eigenvalue weighted by Crippen LogP contribution is -2.55. The summed E-state index contributed by atoms with van der Waals surface area (Å²) < 4.78 is 11.7. The third kappa shape index (κ3) is 6.43. The van der Waals surface area contributed by atoms with E-state index in [9.17, 15) is 9.59 Å². The molecule has 2 N–H and O–H groups in total. The number of aromatic nitrogens is 3. The topological polar surface area (TPSA) is 113 Å². The second-order valence-electron chi connectivity index (χ2n) is 12.4. The number of carbonyl (C=O) groups is 2. The van der Waals surface area contributed by atoms with Crippen molar-refractivity contribution in [2.45, 2.75) is 77.6 Å². The van der Waals surface area contributed by atoms with Crippen molar-refractivity contribution in [2.24, 2.45) is 0 Å². The van der Waals surface area contributed by atoms with E-state index >= 15 is 0 Å². The second-order valence-corrected chi connectivity index (χ2v) is 12.4. The first kappa shape index (κ1) is 28.5. The second kappa shape index (κ2) is 11.6. The summed E-state index contributed by atoms with van der Waals surface area (Å²) in [5.41, 5.74) is 4.87. The Morgan fingerprint density at radius 1 is 1.09 bits per heavy atom. The molecule has 43 heavy (non-hydrogen) atoms. The van der Waals surface area contributed by atoms with Crippen LogP contribution < -0.4 is 14.8 Å². The van der Waals surface area contributed by atoms with E-state index in [4.69, 9.17) is 9.47 Å². The van der Waals surface area contributed by atoms with Crippen molar-refractivity contribution < 1.29 is 19.1 Å². The van der Waals surface area contributed by atoms with Gasteiger partial charge in [0.25, 0.3) is 0 Å². The molecule has 224 valence electrons. The summed E-state index contributed by atoms with van der Waals surface area (Å²) in [6.07, 6.45) is 4.19. The zero-order valence-corrected chi connectivity index (χ0v) is 25.1. The van der Waals surface area contributed by atoms with Crippen molar-refractivity contribution in [1.82, 2.24) is 25.0 Å². The molecule has 1 fully saturated rings. The van der Waals surface area contributed by atoms with Gasteiger partial charge < -0.3 is 24.6 Å². The number of likely N-dealkylation sites (tertiary alicyclic amines) is 1. The van der Waals surface area contributed by atoms with Crippen LogP contribution in [0.4, 0.5) is 15.3 Å². The molecule has 4 heterocycles. The van der Waals surface area contributed by atoms with Crippen LogP contribution in [0.1, 0.15) is 56.7 Å². The van der Waals surface area contributed by atoms with E-state index in [0.717, 1.165) is 40.6 Å². The first-order valence-electron chi connectivity index (χ1n) is 14.9. The molecule has 2 aliphatic heterocycles. The first-order valence-corrected chi connectivity index (χ1v) is 14.9. The number of H-pyrrole nitrogens is 1. The Kier molecular flexibility index (Phi) is 7.68. The molecular weight excluding hydrogens is 544 g/mol. The van der Waals surface area contributed by atoms with Crippen LogP contribution in [0.5, 0.6) is 11.8 Å². The Morgan fingerprint density at radius 2 is 1.91 bits per heavy atom. The number of amides is 3. The number of piperidine rings is 1. The van der Waals surface area contributed by atoms with Crippen molar-refractivity contribution in [2.75, 3.05) is 11.9 Å². The highest BCUT2D eigenvalue weighted by atomic mass is 16.6. The van der Waals surface area contributed by atoms with Crippen LogP contribution in [0.2, 0.25) is 0 Å². The number of nitrogens with zero attached hydrogens (tertiary/aromatic N) is 4. The molecule has 2 aromatic heterocycles. The number of fused-ring (bicyclic) bond motifs is 2. The minimum absolute atomic E-state index is 0.0119. The number of pyridine rings is 1. The molecule has 0 radical (unpaired) electrons. The van der Waals surface area contributed by atoms with Gasteiger partial charge in [-0.1, -0.05) is 30.3 Å². The van der Waals surface area contributed by atoms with Crippen molar-refractivity contribution in [3.05, 3.63) is 77.5 Å². The standard InChI is InChI=1S/C33H38N6O4/c1-21-16-22(17-24-19-34-37-30(21)24)12-13-25-18-26(39-20-23-8-5-6-9-27(23)35-31(39)40)14-15-38(25)32(41)42-28-10-7-11-29(36-28)43-33(2,3)4/h5-11,16-17,19,25-26H,12-15,18,20H2,1-4H3,(H,34,37)(H,35,40). The maximum Gasteiger partial charge on any atom is 0.416 e. The predicted octanol–water partition coefficient (Wildman–Crippen LogP) is 6.46. The number of ether oxygens (including phenoxy) is 2. The predicted molar refractivity (Wildman–Crippen MR) is 164 cm³/mol. The van der Waals surface area contributed by atoms with Gasteiger partial charge in [0.1, 0.15) is 5.60 Å². The average Bonchev–Trinajstić information content (AvgIpc) is 3.44. The van der Waals surface area contributed by atoms with Crippen molar-refractivity contribution in [1.29, 1.82) is 0 Å². The van der Waals surface area contributed by atoms with Crippen LogP contribution in [-0.2, 0) is 13.0 Å². The number of carbonyl (C=O) groups excluding carboxylic acids is 2. The molecule has 2 unspecified atom stereocenters. The number of aryl methyl sites for hydroxylation is 2. The Hall–Kier alpha value is -4.60. The van der Waals surface area contributed by atoms with E-state index in [0.29, 0.717) is 31.8 Å². The van der Waals surface area contributed by atoms with Crippen molar-refractivity contribution >= 4 is 28.7 Å². The minimum atomic E-state index is -0.446. The average molecular weight is 583 g/mol. The summed E-state index contributed by atoms with van der Waals surface area (Å²) in [7, 11) is 0. The van der Waals surface area contributed by atoms with Crippen LogP contribution in [0.25, 0.3) is 10.9 Å². The molecular formula is C33H38N6O4. The fourth-order valence-corrected chi connectivity index (χ4v) is 6.11. The number of anilines is 1. The molecule has 4 aromatic rings. The van der Waals surface area contributed by atoms with E-state index < -0.39 is 11.7 Å². The molecule has 2 atom stereocenters. The number of urea groups is 1. The largest absolute Gasteiger partial charge is 0.472 e. The van der Waals surface area contributed by atoms with Crippen molar-refractivity contribution in [3.8, 4) is 11.8 Å². The molecule has 1 saturated heterocycles. The Bertz CT molecular complexity index is 1640. The maximum absolute atomic E-state index is 13.6. The summed E-state index contributed by atoms with van der Waals surface area (Å²) in [6, 6.07) is 17.1. The highest BCUT2D eigenvalue weighted by molar-refractivity contribution is 5.92. The number of para-hydroxylation sites is 1. The number of rotatable bonds is 6. The Labute approximate surface area is 251 Å². The van der Waals surface area contributed by atoms with Gasteiger partial charge in [-0.05, 0) is 82.2 Å². The van der Waals surface area contributed by atoms with Gasteiger partial charge in [0.05, 0.1) is 11.7 Å². The summed E-state index contributed by atoms with van der Waals surface area (Å²) in [5, 5.41) is 11.4. The SMILES string of the molecule is Cc1cc(CCC2CC(N3Cc4ccccc4NC3=O)CCN2C(=O)Oc2cccc(OC(C)(C)C)n2)cc2cn[nH]c12. The molecule has 0 saturated carbocycles. The summed E-state index contributed by atoms with van der Waals surface area (Å²) in [4.78, 5) is 34.9. The normalized spacial score (nSPS) is 18.7. The van der Waals surface area contributed by atoms with E-state index in [1.165, 1.54) is 5.56 Å². The number of nitrogens with one attached hydrogen (secondary N) is 2. The number of aromatic amines is 1. The summed E-state index contributed by atoms with van der Waals surface area (Å²) >= 11 is 0. The lowest BCUT2D eigenvalue weighted by Gasteiger charge is -2.44. The highest BCUT2D eigenvalue weighted by Crippen LogP contribution is 2.32. The molecule has 0 aliphatic carbocycles. The van der Waals surface area contributed by atoms with E-state index in [1.807, 2.05) is 56.1 Å². The van der Waals surface area contributed by atoms with Gasteiger partial charge >= 0.3 is 12.1 Å². The van der Waals surface area contributed by atoms with E-state index in [2.05, 4.69) is 39.6 Å². The molecule has 2 aromatic carbocycles. The minimum Gasteiger partial charge on any atom is -0.472 e. The zero-order valence-electron chi connectivity index (χ0n) is 25.1. The summed E-state index contributed by atoms with van der Waals surface area (Å²) in [5.74, 6) is 0.593. The molecule has 6 rings (SSSR count). The molecule has 10 nitrogen and oxygen atoms in total. The third-order valence-electron chi connectivity index (χ3n) is 8.10. The van der Waals surface area contributed by atoms with Gasteiger partial charge in [0.2, 0.25) is 11.8 Å². The Balaban J connectivity index is 1.21. The van der Waals surface area contributed by atoms with Gasteiger partial charge in [-0.3, -0.25) is 5.10 Å². The highest BCUT2D eigenvalue weighted by Gasteiger charge is 2.38. The van der Waals surface area contributed by atoms with Gasteiger partial charge in [-0.2, -0.15) is 10.1 Å². The van der Waals surface area contributed by atoms with Crippen LogP contribution in [0.15, 0.2) is 60.8 Å². The van der Waals surface area contributed by atoms with Gasteiger partial charge in [0.15, 0.2) is 0 Å². The number of benzene rings is 2. The maximum atomic E-state index is 13.6. The monoisotopic (exact) mass is 582 g/mol. The molecule has 2 aliphatic rings. The van der Waals surface area contributed by atoms with Crippen LogP contribution in [0, 0.1) is 6.92 Å². The van der Waals surface area contributed by atoms with Gasteiger partial charge in [-0.15, -0.1) is 0 Å². The third-order valence-corrected chi connectivity index (χ3v) is 8.10. The van der Waals surface area contributed by atoms with Crippen LogP contribution in [-0.4, -0.2) is 61.3 Å². The molecule has 0 spiro atoms. The smallest absolute Gasteiger partial charge is 0.416 e. The molecule has 0 bridgehead atoms. The summed E-state index contributed by atoms with van der Waals surface area (Å²) in [6.45, 7) is 8.91. The fraction of sp³-hybridized carbons (Fsp3) is 0.394. The zero-order chi connectivity index (χ0) is 30.1. The quantitative estimate of drug-likeness (QED) is 0.270. The Morgan fingerprint density at radius 3 is 2.74 bits per heavy atom. The van der Waals surface area contributed by atoms with E-state index in [-0.39, 0.29) is 24.0 Å². The van der Waals surface area contributed by atoms with Crippen LogP contribution >= 0.6 is 0 Å². The molecule has 3 amide bonds. The van der Waals surface area contributed by atoms with Gasteiger partial charge in [0, 0.05) is 48.4 Å². The van der Waals surface area contributed by atoms with Crippen LogP contribution in [0.3, 0.4) is 0 Å². The van der Waals surface area contributed by atoms with Crippen molar-refractivity contribution in [3.63, 3.8) is 0 Å². The fourth-order valence-electron chi connectivity index (χ4n) is 6.11. The first-order chi connectivity index (χ1) is 20.6. The number of hydrogen-bond acceptors (Lipinski definition) is 6. The lowest BCUT2D eigenvalue weighted by molar-refractivity contribution is 0.0709. The van der Waals surface area contributed by atoms with Gasteiger partial charge in [-0.25, -0.2) is 9.59 Å². The molecule has 10 heteroatoms. The number of hydrogen-bond donors (Lipinski definition) is 2. The lowest BCUT2D eigenvalue weighted by atomic mass is 9.90. The van der Waals surface area contributed by atoms with E-state index in [1.54, 1.807) is 23.1 Å².